The lowest BCUT2D eigenvalue weighted by atomic mass is 10.1. The molecule has 0 aliphatic carbocycles. The van der Waals surface area contributed by atoms with Gasteiger partial charge in [0, 0.05) is 12.1 Å². The van der Waals surface area contributed by atoms with Crippen LogP contribution in [0.15, 0.2) is 66.4 Å². The van der Waals surface area contributed by atoms with Gasteiger partial charge in [-0.1, -0.05) is 43.7 Å². The molecule has 0 bridgehead atoms. The number of anilines is 2. The molecule has 2 aromatic rings. The van der Waals surface area contributed by atoms with Gasteiger partial charge in [0.05, 0.1) is 5.69 Å². The molecular formula is C21H23N3O2. The van der Waals surface area contributed by atoms with Crippen LogP contribution < -0.4 is 15.8 Å². The molecule has 1 aliphatic heterocycles. The summed E-state index contributed by atoms with van der Waals surface area (Å²) in [6.45, 7) is 2.17. The Kier molecular flexibility index (Phi) is 5.69. The predicted octanol–water partition coefficient (Wildman–Crippen LogP) is 3.79. The van der Waals surface area contributed by atoms with E-state index in [9.17, 15) is 9.59 Å². The van der Waals surface area contributed by atoms with Crippen LogP contribution in [0.5, 0.6) is 0 Å². The summed E-state index contributed by atoms with van der Waals surface area (Å²) in [6, 6.07) is 17.1. The molecule has 0 atom stereocenters. The highest BCUT2D eigenvalue weighted by molar-refractivity contribution is 6.06. The number of carbonyl (C=O) groups is 2. The van der Waals surface area contributed by atoms with Crippen LogP contribution in [-0.4, -0.2) is 11.8 Å². The number of aryl methyl sites for hydroxylation is 1. The maximum absolute atomic E-state index is 12.5. The molecule has 2 N–H and O–H groups in total. The second kappa shape index (κ2) is 8.34. The first-order chi connectivity index (χ1) is 12.7. The van der Waals surface area contributed by atoms with Crippen molar-refractivity contribution in [1.82, 2.24) is 5.43 Å². The van der Waals surface area contributed by atoms with Crippen LogP contribution in [0.3, 0.4) is 0 Å². The van der Waals surface area contributed by atoms with Gasteiger partial charge in [-0.05, 0) is 48.7 Å². The zero-order valence-electron chi connectivity index (χ0n) is 14.9. The average molecular weight is 349 g/mol. The summed E-state index contributed by atoms with van der Waals surface area (Å²) < 4.78 is 0. The van der Waals surface area contributed by atoms with Gasteiger partial charge < -0.3 is 5.32 Å². The van der Waals surface area contributed by atoms with Crippen molar-refractivity contribution in [2.75, 3.05) is 10.3 Å². The third-order valence-corrected chi connectivity index (χ3v) is 4.25. The molecule has 0 spiro atoms. The summed E-state index contributed by atoms with van der Waals surface area (Å²) in [5.41, 5.74) is 5.98. The Bertz CT molecular complexity index is 798. The molecule has 0 saturated carbocycles. The monoisotopic (exact) mass is 349 g/mol. The van der Waals surface area contributed by atoms with Crippen LogP contribution >= 0.6 is 0 Å². The highest BCUT2D eigenvalue weighted by atomic mass is 16.2. The van der Waals surface area contributed by atoms with Crippen molar-refractivity contribution >= 4 is 23.2 Å². The number of nitrogens with zero attached hydrogens (tertiary/aromatic N) is 1. The molecule has 2 aromatic carbocycles. The molecule has 1 heterocycles. The van der Waals surface area contributed by atoms with E-state index in [1.807, 2.05) is 54.6 Å². The fourth-order valence-corrected chi connectivity index (χ4v) is 2.77. The van der Waals surface area contributed by atoms with E-state index < -0.39 is 0 Å². The maximum atomic E-state index is 12.5. The Morgan fingerprint density at radius 3 is 2.54 bits per heavy atom. The minimum absolute atomic E-state index is 0.104. The minimum atomic E-state index is -0.264. The van der Waals surface area contributed by atoms with E-state index in [-0.39, 0.29) is 18.2 Å². The van der Waals surface area contributed by atoms with Crippen molar-refractivity contribution in [2.24, 2.45) is 0 Å². The highest BCUT2D eigenvalue weighted by Crippen LogP contribution is 2.18. The second-order valence-electron chi connectivity index (χ2n) is 6.25. The average Bonchev–Trinajstić information content (AvgIpc) is 2.68. The molecule has 0 aromatic heterocycles. The first kappa shape index (κ1) is 17.7. The van der Waals surface area contributed by atoms with E-state index in [1.54, 1.807) is 6.08 Å². The Hall–Kier alpha value is -3.08. The molecule has 134 valence electrons. The summed E-state index contributed by atoms with van der Waals surface area (Å²) in [5, 5.41) is 4.28. The van der Waals surface area contributed by atoms with Crippen LogP contribution in [-0.2, 0) is 16.0 Å². The van der Waals surface area contributed by atoms with Crippen LogP contribution in [0, 0.1) is 0 Å². The van der Waals surface area contributed by atoms with Crippen molar-refractivity contribution in [3.05, 3.63) is 71.9 Å². The number of unbranched alkanes of at least 4 members (excludes halogenated alkanes) is 1. The number of hydrazine groups is 1. The van der Waals surface area contributed by atoms with E-state index in [2.05, 4.69) is 17.7 Å². The van der Waals surface area contributed by atoms with Crippen molar-refractivity contribution < 1.29 is 9.59 Å². The summed E-state index contributed by atoms with van der Waals surface area (Å²) in [4.78, 5) is 24.7. The zero-order chi connectivity index (χ0) is 18.4. The number of para-hydroxylation sites is 1. The Labute approximate surface area is 153 Å². The predicted molar refractivity (Wildman–Crippen MR) is 103 cm³/mol. The molecule has 5 heteroatoms. The number of carbonyl (C=O) groups excluding carboxylic acids is 2. The highest BCUT2D eigenvalue weighted by Gasteiger charge is 2.23. The first-order valence-electron chi connectivity index (χ1n) is 8.92. The Morgan fingerprint density at radius 2 is 1.85 bits per heavy atom. The topological polar surface area (TPSA) is 61.4 Å². The maximum Gasteiger partial charge on any atom is 0.273 e. The van der Waals surface area contributed by atoms with Gasteiger partial charge in [-0.15, -0.1) is 0 Å². The quantitative estimate of drug-likeness (QED) is 0.834. The lowest BCUT2D eigenvalue weighted by molar-refractivity contribution is -0.119. The lowest BCUT2D eigenvalue weighted by Gasteiger charge is -2.28. The summed E-state index contributed by atoms with van der Waals surface area (Å²) in [5.74, 6) is -0.368. The van der Waals surface area contributed by atoms with E-state index >= 15 is 0 Å². The van der Waals surface area contributed by atoms with Crippen LogP contribution in [0.2, 0.25) is 0 Å². The van der Waals surface area contributed by atoms with Crippen LogP contribution in [0.4, 0.5) is 11.4 Å². The van der Waals surface area contributed by atoms with Gasteiger partial charge in [0.1, 0.15) is 5.70 Å². The van der Waals surface area contributed by atoms with Gasteiger partial charge >= 0.3 is 0 Å². The first-order valence-corrected chi connectivity index (χ1v) is 8.92. The standard InChI is InChI=1S/C21H23N3O2/c1-2-3-7-16-10-12-17(13-11-16)22-21(26)19-14-15-20(25)24(23-19)18-8-5-4-6-9-18/h4-6,8-14,23H,2-3,7,15H2,1H3,(H,22,26). The van der Waals surface area contributed by atoms with E-state index in [4.69, 9.17) is 0 Å². The second-order valence-corrected chi connectivity index (χ2v) is 6.25. The normalized spacial score (nSPS) is 13.8. The smallest absolute Gasteiger partial charge is 0.273 e. The zero-order valence-corrected chi connectivity index (χ0v) is 14.9. The molecule has 0 fully saturated rings. The molecular weight excluding hydrogens is 326 g/mol. The molecule has 1 aliphatic rings. The number of hydrogen-bond acceptors (Lipinski definition) is 3. The van der Waals surface area contributed by atoms with E-state index in [0.717, 1.165) is 24.9 Å². The van der Waals surface area contributed by atoms with E-state index in [0.29, 0.717) is 11.4 Å². The number of rotatable bonds is 6. The summed E-state index contributed by atoms with van der Waals surface area (Å²) in [7, 11) is 0. The molecule has 0 unspecified atom stereocenters. The third-order valence-electron chi connectivity index (χ3n) is 4.25. The van der Waals surface area contributed by atoms with Crippen molar-refractivity contribution in [3.63, 3.8) is 0 Å². The molecule has 5 nitrogen and oxygen atoms in total. The summed E-state index contributed by atoms with van der Waals surface area (Å²) in [6.07, 6.45) is 5.17. The Balaban J connectivity index is 1.65. The van der Waals surface area contributed by atoms with Gasteiger partial charge in [-0.2, -0.15) is 0 Å². The largest absolute Gasteiger partial charge is 0.321 e. The van der Waals surface area contributed by atoms with Crippen LogP contribution in [0.25, 0.3) is 0 Å². The van der Waals surface area contributed by atoms with Crippen molar-refractivity contribution in [3.8, 4) is 0 Å². The van der Waals surface area contributed by atoms with Crippen LogP contribution in [0.1, 0.15) is 31.7 Å². The fraction of sp³-hybridized carbons (Fsp3) is 0.238. The minimum Gasteiger partial charge on any atom is -0.321 e. The van der Waals surface area contributed by atoms with Gasteiger partial charge in [-0.3, -0.25) is 15.0 Å². The van der Waals surface area contributed by atoms with Crippen molar-refractivity contribution in [1.29, 1.82) is 0 Å². The van der Waals surface area contributed by atoms with Gasteiger partial charge in [0.25, 0.3) is 5.91 Å². The molecule has 0 saturated heterocycles. The number of hydrogen-bond donors (Lipinski definition) is 2. The van der Waals surface area contributed by atoms with E-state index in [1.165, 1.54) is 10.6 Å². The SMILES string of the molecule is CCCCc1ccc(NC(=O)C2=CCC(=O)N(c3ccccc3)N2)cc1. The molecule has 2 amide bonds. The number of nitrogens with one attached hydrogen (secondary N) is 2. The Morgan fingerprint density at radius 1 is 1.12 bits per heavy atom. The molecule has 26 heavy (non-hydrogen) atoms. The molecule has 0 radical (unpaired) electrons. The lowest BCUT2D eigenvalue weighted by Crippen LogP contribution is -2.47. The fourth-order valence-electron chi connectivity index (χ4n) is 2.77. The van der Waals surface area contributed by atoms with Crippen molar-refractivity contribution in [2.45, 2.75) is 32.6 Å². The number of benzene rings is 2. The molecule has 3 rings (SSSR count). The summed E-state index contributed by atoms with van der Waals surface area (Å²) >= 11 is 0. The third kappa shape index (κ3) is 4.30. The van der Waals surface area contributed by atoms with Gasteiger partial charge in [0.15, 0.2) is 0 Å². The van der Waals surface area contributed by atoms with Gasteiger partial charge in [0.2, 0.25) is 5.91 Å². The van der Waals surface area contributed by atoms with Gasteiger partial charge in [-0.25, -0.2) is 5.01 Å². The number of amides is 2.